The summed E-state index contributed by atoms with van der Waals surface area (Å²) in [4.78, 5) is 58.1. The van der Waals surface area contributed by atoms with Crippen LogP contribution in [0.4, 0.5) is 0 Å². The summed E-state index contributed by atoms with van der Waals surface area (Å²) < 4.78 is 26.4. The van der Waals surface area contributed by atoms with Crippen LogP contribution in [0.15, 0.2) is 0 Å². The van der Waals surface area contributed by atoms with Gasteiger partial charge in [0, 0.05) is 33.6 Å². The zero-order valence-electron chi connectivity index (χ0n) is 16.7. The largest absolute Gasteiger partial charge is 0.462 e. The highest BCUT2D eigenvalue weighted by molar-refractivity contribution is 5.81. The van der Waals surface area contributed by atoms with Crippen LogP contribution in [0.3, 0.4) is 0 Å². The van der Waals surface area contributed by atoms with Gasteiger partial charge in [-0.25, -0.2) is 0 Å². The van der Waals surface area contributed by atoms with Crippen molar-refractivity contribution in [3.05, 3.63) is 0 Å². The molecule has 0 spiro atoms. The summed E-state index contributed by atoms with van der Waals surface area (Å²) >= 11 is 0. The van der Waals surface area contributed by atoms with Crippen molar-refractivity contribution in [2.45, 2.75) is 71.2 Å². The van der Waals surface area contributed by atoms with Crippen molar-refractivity contribution in [1.82, 2.24) is 5.32 Å². The Bertz CT molecular complexity index is 674. The van der Waals surface area contributed by atoms with E-state index in [0.29, 0.717) is 0 Å². The van der Waals surface area contributed by atoms with Gasteiger partial charge in [-0.3, -0.25) is 24.0 Å². The fraction of sp³-hybridized carbons (Fsp3) is 0.722. The number of amides is 1. The van der Waals surface area contributed by atoms with Crippen LogP contribution < -0.4 is 5.32 Å². The first-order chi connectivity index (χ1) is 13.6. The number of carbonyl (C=O) groups excluding carboxylic acids is 5. The van der Waals surface area contributed by atoms with Gasteiger partial charge < -0.3 is 29.0 Å². The fourth-order valence-corrected chi connectivity index (χ4v) is 2.96. The molecule has 2 fully saturated rings. The first kappa shape index (κ1) is 22.6. The van der Waals surface area contributed by atoms with Crippen molar-refractivity contribution in [3.63, 3.8) is 0 Å². The molecule has 1 amide bonds. The van der Waals surface area contributed by atoms with E-state index in [4.69, 9.17) is 23.7 Å². The van der Waals surface area contributed by atoms with Gasteiger partial charge in [-0.2, -0.15) is 0 Å². The monoisotopic (exact) mass is 415 g/mol. The van der Waals surface area contributed by atoms with Crippen molar-refractivity contribution in [2.24, 2.45) is 5.92 Å². The molecule has 2 aliphatic rings. The van der Waals surface area contributed by atoms with E-state index >= 15 is 0 Å². The SMILES string of the molecule is CC(=O)OC[C@@H](OC(C)=O)[C@@H]1O[C@@H](NC(=O)C2CC2)[C@@H](OC(C)=O)[C@@H]1OC(C)=O. The Hall–Kier alpha value is -2.69. The molecule has 29 heavy (non-hydrogen) atoms. The van der Waals surface area contributed by atoms with E-state index in [0.717, 1.165) is 33.6 Å². The molecule has 11 nitrogen and oxygen atoms in total. The lowest BCUT2D eigenvalue weighted by molar-refractivity contribution is -0.177. The van der Waals surface area contributed by atoms with Crippen LogP contribution in [0, 0.1) is 5.92 Å². The summed E-state index contributed by atoms with van der Waals surface area (Å²) in [7, 11) is 0. The maximum absolute atomic E-state index is 12.2. The fourth-order valence-electron chi connectivity index (χ4n) is 2.96. The van der Waals surface area contributed by atoms with E-state index in [1.54, 1.807) is 0 Å². The van der Waals surface area contributed by atoms with Gasteiger partial charge in [-0.15, -0.1) is 0 Å². The van der Waals surface area contributed by atoms with Crippen LogP contribution in [-0.2, 0) is 47.7 Å². The van der Waals surface area contributed by atoms with Crippen LogP contribution in [0.2, 0.25) is 0 Å². The van der Waals surface area contributed by atoms with E-state index in [9.17, 15) is 24.0 Å². The molecule has 11 heteroatoms. The van der Waals surface area contributed by atoms with Gasteiger partial charge in [0.05, 0.1) is 0 Å². The molecule has 5 atom stereocenters. The number of ether oxygens (including phenoxy) is 5. The van der Waals surface area contributed by atoms with Crippen LogP contribution in [0.1, 0.15) is 40.5 Å². The maximum atomic E-state index is 12.2. The minimum Gasteiger partial charge on any atom is -0.462 e. The molecular formula is C18H25NO10. The number of nitrogens with one attached hydrogen (secondary N) is 1. The van der Waals surface area contributed by atoms with E-state index in [-0.39, 0.29) is 18.4 Å². The summed E-state index contributed by atoms with van der Waals surface area (Å²) in [6, 6.07) is 0. The summed E-state index contributed by atoms with van der Waals surface area (Å²) in [5, 5.41) is 2.62. The summed E-state index contributed by atoms with van der Waals surface area (Å²) in [6.07, 6.45) is -4.39. The topological polar surface area (TPSA) is 144 Å². The van der Waals surface area contributed by atoms with E-state index in [1.165, 1.54) is 6.92 Å². The molecule has 1 aliphatic carbocycles. The molecule has 1 N–H and O–H groups in total. The molecular weight excluding hydrogens is 390 g/mol. The third-order valence-corrected chi connectivity index (χ3v) is 4.22. The first-order valence-corrected chi connectivity index (χ1v) is 9.19. The van der Waals surface area contributed by atoms with Crippen LogP contribution in [0.25, 0.3) is 0 Å². The lowest BCUT2D eigenvalue weighted by atomic mass is 10.0. The molecule has 0 radical (unpaired) electrons. The summed E-state index contributed by atoms with van der Waals surface area (Å²) in [5.74, 6) is -3.16. The molecule has 1 saturated carbocycles. The van der Waals surface area contributed by atoms with Crippen LogP contribution >= 0.6 is 0 Å². The second kappa shape index (κ2) is 9.68. The molecule has 0 aromatic carbocycles. The second-order valence-corrected chi connectivity index (χ2v) is 6.90. The van der Waals surface area contributed by atoms with Gasteiger partial charge >= 0.3 is 23.9 Å². The maximum Gasteiger partial charge on any atom is 0.303 e. The predicted octanol–water partition coefficient (Wildman–Crippen LogP) is -0.404. The van der Waals surface area contributed by atoms with Gasteiger partial charge in [0.25, 0.3) is 0 Å². The second-order valence-electron chi connectivity index (χ2n) is 6.90. The predicted molar refractivity (Wildman–Crippen MR) is 92.8 cm³/mol. The summed E-state index contributed by atoms with van der Waals surface area (Å²) in [5.41, 5.74) is 0. The molecule has 0 bridgehead atoms. The van der Waals surface area contributed by atoms with Crippen molar-refractivity contribution in [3.8, 4) is 0 Å². The molecule has 1 aliphatic heterocycles. The first-order valence-electron chi connectivity index (χ1n) is 9.19. The number of rotatable bonds is 8. The zero-order valence-corrected chi connectivity index (χ0v) is 16.7. The minimum atomic E-state index is -1.21. The van der Waals surface area contributed by atoms with Crippen molar-refractivity contribution in [1.29, 1.82) is 0 Å². The Morgan fingerprint density at radius 2 is 1.48 bits per heavy atom. The minimum absolute atomic E-state index is 0.159. The molecule has 0 aromatic rings. The molecule has 162 valence electrons. The zero-order chi connectivity index (χ0) is 21.7. The quantitative estimate of drug-likeness (QED) is 0.410. The van der Waals surface area contributed by atoms with Crippen LogP contribution in [-0.4, -0.2) is 67.0 Å². The van der Waals surface area contributed by atoms with Crippen molar-refractivity contribution < 1.29 is 47.7 Å². The normalized spacial score (nSPS) is 26.8. The molecule has 0 aromatic heterocycles. The average molecular weight is 415 g/mol. The van der Waals surface area contributed by atoms with Gasteiger partial charge in [-0.1, -0.05) is 0 Å². The van der Waals surface area contributed by atoms with Gasteiger partial charge in [-0.05, 0) is 12.8 Å². The van der Waals surface area contributed by atoms with E-state index in [2.05, 4.69) is 5.32 Å². The standard InChI is InChI=1S/C18H25NO10/c1-8(20)25-7-13(26-9(2)21)14-15(27-10(3)22)16(28-11(4)23)18(29-14)19-17(24)12-5-6-12/h12-16,18H,5-7H2,1-4H3,(H,19,24)/t13-,14+,15-,16+,18-/m1/s1. The number of hydrogen-bond acceptors (Lipinski definition) is 10. The van der Waals surface area contributed by atoms with Gasteiger partial charge in [0.1, 0.15) is 12.7 Å². The van der Waals surface area contributed by atoms with Gasteiger partial charge in [0.2, 0.25) is 5.91 Å². The Kier molecular flexibility index (Phi) is 7.54. The Morgan fingerprint density at radius 3 is 1.97 bits per heavy atom. The lowest BCUT2D eigenvalue weighted by Gasteiger charge is -2.27. The molecule has 2 rings (SSSR count). The number of esters is 4. The highest BCUT2D eigenvalue weighted by Crippen LogP contribution is 2.32. The Balaban J connectivity index is 2.29. The lowest BCUT2D eigenvalue weighted by Crippen LogP contribution is -2.48. The molecule has 0 unspecified atom stereocenters. The Morgan fingerprint density at radius 1 is 0.897 bits per heavy atom. The smallest absolute Gasteiger partial charge is 0.303 e. The molecule has 1 heterocycles. The average Bonchev–Trinajstić information content (AvgIpc) is 3.39. The van der Waals surface area contributed by atoms with E-state index < -0.39 is 54.5 Å². The Labute approximate surface area is 167 Å². The van der Waals surface area contributed by atoms with Crippen molar-refractivity contribution in [2.75, 3.05) is 6.61 Å². The van der Waals surface area contributed by atoms with Gasteiger partial charge in [0.15, 0.2) is 24.5 Å². The van der Waals surface area contributed by atoms with Crippen molar-refractivity contribution >= 4 is 29.8 Å². The highest BCUT2D eigenvalue weighted by Gasteiger charge is 2.54. The third-order valence-electron chi connectivity index (χ3n) is 4.22. The highest BCUT2D eigenvalue weighted by atomic mass is 16.7. The number of hydrogen-bond donors (Lipinski definition) is 1. The van der Waals surface area contributed by atoms with E-state index in [1.807, 2.05) is 0 Å². The summed E-state index contributed by atoms with van der Waals surface area (Å²) in [6.45, 7) is 4.23. The van der Waals surface area contributed by atoms with Crippen LogP contribution in [0.5, 0.6) is 0 Å². The molecule has 1 saturated heterocycles. The third kappa shape index (κ3) is 6.70. The number of carbonyl (C=O) groups is 5.